The van der Waals surface area contributed by atoms with Crippen LogP contribution in [0.15, 0.2) is 12.4 Å². The van der Waals surface area contributed by atoms with Gasteiger partial charge in [-0.15, -0.1) is 0 Å². The number of hydrogen-bond acceptors (Lipinski definition) is 5. The highest BCUT2D eigenvalue weighted by atomic mass is 35.5. The number of hydrogen-bond donors (Lipinski definition) is 2. The van der Waals surface area contributed by atoms with E-state index < -0.39 is 22.2 Å². The molecule has 0 saturated carbocycles. The zero-order chi connectivity index (χ0) is 14.8. The third-order valence-corrected chi connectivity index (χ3v) is 4.64. The average molecular weight is 321 g/mol. The fourth-order valence-corrected chi connectivity index (χ4v) is 3.56. The number of piperidine rings is 1. The lowest BCUT2D eigenvalue weighted by molar-refractivity contribution is -0.142. The highest BCUT2D eigenvalue weighted by Gasteiger charge is 2.36. The number of carboxylic acid groups (broad SMARTS) is 1. The Hall–Kier alpha value is -1.45. The van der Waals surface area contributed by atoms with E-state index in [2.05, 4.69) is 14.7 Å². The fraction of sp³-hybridized carbons (Fsp3) is 0.500. The first kappa shape index (κ1) is 14.9. The molecule has 1 aliphatic rings. The summed E-state index contributed by atoms with van der Waals surface area (Å²) in [5.41, 5.74) is 0. The van der Waals surface area contributed by atoms with Crippen LogP contribution in [0.5, 0.6) is 0 Å². The monoisotopic (exact) mass is 320 g/mol. The molecule has 1 aliphatic heterocycles. The van der Waals surface area contributed by atoms with Crippen molar-refractivity contribution in [3.63, 3.8) is 0 Å². The number of rotatable bonds is 4. The predicted octanol–water partition coefficient (Wildman–Crippen LogP) is 0.726. The molecule has 1 atom stereocenters. The van der Waals surface area contributed by atoms with E-state index in [1.54, 1.807) is 0 Å². The number of aromatic nitrogens is 2. The van der Waals surface area contributed by atoms with Crippen LogP contribution in [0.2, 0.25) is 5.15 Å². The SMILES string of the molecule is O=C(O)C1CCCCN1S(=O)(=O)Nc1cc(Cl)ncn1. The van der Waals surface area contributed by atoms with Gasteiger partial charge in [0.05, 0.1) is 0 Å². The topological polar surface area (TPSA) is 112 Å². The van der Waals surface area contributed by atoms with Crippen LogP contribution < -0.4 is 4.72 Å². The zero-order valence-corrected chi connectivity index (χ0v) is 11.9. The number of carboxylic acids is 1. The third-order valence-electron chi connectivity index (χ3n) is 2.91. The summed E-state index contributed by atoms with van der Waals surface area (Å²) in [5.74, 6) is -1.16. The van der Waals surface area contributed by atoms with Gasteiger partial charge in [0.2, 0.25) is 0 Å². The molecular weight excluding hydrogens is 308 g/mol. The molecule has 1 aromatic rings. The molecule has 0 spiro atoms. The van der Waals surface area contributed by atoms with E-state index >= 15 is 0 Å². The molecule has 110 valence electrons. The molecule has 10 heteroatoms. The summed E-state index contributed by atoms with van der Waals surface area (Å²) in [7, 11) is -3.99. The highest BCUT2D eigenvalue weighted by molar-refractivity contribution is 7.90. The number of nitrogens with zero attached hydrogens (tertiary/aromatic N) is 3. The minimum Gasteiger partial charge on any atom is -0.480 e. The quantitative estimate of drug-likeness (QED) is 0.791. The number of aliphatic carboxylic acids is 1. The number of carbonyl (C=O) groups is 1. The molecule has 2 heterocycles. The first-order valence-corrected chi connectivity index (χ1v) is 7.72. The van der Waals surface area contributed by atoms with Gasteiger partial charge in [-0.1, -0.05) is 11.6 Å². The predicted molar refractivity (Wildman–Crippen MR) is 71.6 cm³/mol. The van der Waals surface area contributed by atoms with Crippen molar-refractivity contribution in [2.45, 2.75) is 25.3 Å². The fourth-order valence-electron chi connectivity index (χ4n) is 2.02. The Morgan fingerprint density at radius 1 is 1.45 bits per heavy atom. The molecule has 0 aliphatic carbocycles. The number of nitrogens with one attached hydrogen (secondary N) is 1. The molecule has 2 N–H and O–H groups in total. The molecule has 1 unspecified atom stereocenters. The first-order valence-electron chi connectivity index (χ1n) is 5.90. The van der Waals surface area contributed by atoms with Crippen molar-refractivity contribution >= 4 is 33.6 Å². The number of anilines is 1. The van der Waals surface area contributed by atoms with E-state index in [1.807, 2.05) is 0 Å². The van der Waals surface area contributed by atoms with Crippen molar-refractivity contribution in [3.05, 3.63) is 17.5 Å². The molecular formula is C10H13ClN4O4S. The Morgan fingerprint density at radius 2 is 2.20 bits per heavy atom. The normalized spacial score (nSPS) is 20.6. The van der Waals surface area contributed by atoms with E-state index in [-0.39, 0.29) is 17.5 Å². The summed E-state index contributed by atoms with van der Waals surface area (Å²) in [6, 6.07) is 0.192. The molecule has 1 fully saturated rings. The molecule has 0 amide bonds. The van der Waals surface area contributed by atoms with E-state index in [0.717, 1.165) is 10.6 Å². The van der Waals surface area contributed by atoms with Gasteiger partial charge in [-0.2, -0.15) is 12.7 Å². The largest absolute Gasteiger partial charge is 0.480 e. The van der Waals surface area contributed by atoms with Crippen LogP contribution in [-0.4, -0.2) is 46.4 Å². The molecule has 2 rings (SSSR count). The summed E-state index contributed by atoms with van der Waals surface area (Å²) in [4.78, 5) is 18.5. The summed E-state index contributed by atoms with van der Waals surface area (Å²) >= 11 is 5.64. The smallest absolute Gasteiger partial charge is 0.322 e. The van der Waals surface area contributed by atoms with Crippen LogP contribution in [0.3, 0.4) is 0 Å². The zero-order valence-electron chi connectivity index (χ0n) is 10.4. The summed E-state index contributed by atoms with van der Waals surface area (Å²) < 4.78 is 27.6. The molecule has 1 aromatic heterocycles. The minimum atomic E-state index is -3.99. The Morgan fingerprint density at radius 3 is 2.85 bits per heavy atom. The van der Waals surface area contributed by atoms with E-state index in [1.165, 1.54) is 6.07 Å². The van der Waals surface area contributed by atoms with Gasteiger partial charge in [0.15, 0.2) is 0 Å². The van der Waals surface area contributed by atoms with E-state index in [9.17, 15) is 13.2 Å². The van der Waals surface area contributed by atoms with Gasteiger partial charge in [-0.25, -0.2) is 9.97 Å². The maximum absolute atomic E-state index is 12.2. The second kappa shape index (κ2) is 5.90. The summed E-state index contributed by atoms with van der Waals surface area (Å²) in [6.45, 7) is 0.158. The molecule has 20 heavy (non-hydrogen) atoms. The lowest BCUT2D eigenvalue weighted by atomic mass is 10.1. The second-order valence-corrected chi connectivity index (χ2v) is 6.30. The molecule has 1 saturated heterocycles. The molecule has 0 radical (unpaired) electrons. The van der Waals surface area contributed by atoms with Crippen LogP contribution in [0.25, 0.3) is 0 Å². The van der Waals surface area contributed by atoms with Gasteiger partial charge in [-0.05, 0) is 19.3 Å². The standard InChI is InChI=1S/C10H13ClN4O4S/c11-8-5-9(13-6-12-8)14-20(18,19)15-4-2-1-3-7(15)10(16)17/h5-7H,1-4H2,(H,16,17)(H,12,13,14). The van der Waals surface area contributed by atoms with Crippen molar-refractivity contribution in [2.75, 3.05) is 11.3 Å². The van der Waals surface area contributed by atoms with Gasteiger partial charge in [0.25, 0.3) is 0 Å². The van der Waals surface area contributed by atoms with E-state index in [0.29, 0.717) is 19.3 Å². The molecule has 0 bridgehead atoms. The summed E-state index contributed by atoms with van der Waals surface area (Å²) in [5, 5.41) is 9.19. The Balaban J connectivity index is 2.22. The first-order chi connectivity index (χ1) is 9.40. The van der Waals surface area contributed by atoms with Crippen LogP contribution in [0.1, 0.15) is 19.3 Å². The van der Waals surface area contributed by atoms with Crippen molar-refractivity contribution in [1.29, 1.82) is 0 Å². The second-order valence-electron chi connectivity index (χ2n) is 4.29. The summed E-state index contributed by atoms with van der Waals surface area (Å²) in [6.07, 6.45) is 2.71. The highest BCUT2D eigenvalue weighted by Crippen LogP contribution is 2.22. The van der Waals surface area contributed by atoms with Crippen molar-refractivity contribution in [1.82, 2.24) is 14.3 Å². The lowest BCUT2D eigenvalue weighted by Crippen LogP contribution is -2.50. The lowest BCUT2D eigenvalue weighted by Gasteiger charge is -2.31. The van der Waals surface area contributed by atoms with Gasteiger partial charge in [0, 0.05) is 12.6 Å². The maximum Gasteiger partial charge on any atom is 0.322 e. The van der Waals surface area contributed by atoms with Crippen molar-refractivity contribution in [2.24, 2.45) is 0 Å². The van der Waals surface area contributed by atoms with Crippen LogP contribution in [0.4, 0.5) is 5.82 Å². The van der Waals surface area contributed by atoms with Crippen molar-refractivity contribution in [3.8, 4) is 0 Å². The average Bonchev–Trinajstić information content (AvgIpc) is 2.38. The van der Waals surface area contributed by atoms with Crippen molar-refractivity contribution < 1.29 is 18.3 Å². The van der Waals surface area contributed by atoms with E-state index in [4.69, 9.17) is 16.7 Å². The number of halogens is 1. The van der Waals surface area contributed by atoms with Gasteiger partial charge >= 0.3 is 16.2 Å². The molecule has 8 nitrogen and oxygen atoms in total. The van der Waals surface area contributed by atoms with Crippen LogP contribution in [0, 0.1) is 0 Å². The maximum atomic E-state index is 12.2. The van der Waals surface area contributed by atoms with Crippen LogP contribution in [-0.2, 0) is 15.0 Å². The Kier molecular flexibility index (Phi) is 4.41. The minimum absolute atomic E-state index is 0.000266. The van der Waals surface area contributed by atoms with Gasteiger partial charge < -0.3 is 5.11 Å². The molecule has 0 aromatic carbocycles. The van der Waals surface area contributed by atoms with Gasteiger partial charge in [0.1, 0.15) is 23.3 Å². The van der Waals surface area contributed by atoms with Gasteiger partial charge in [-0.3, -0.25) is 9.52 Å². The third kappa shape index (κ3) is 3.35. The Labute approximate surface area is 121 Å². The van der Waals surface area contributed by atoms with Crippen LogP contribution >= 0.6 is 11.6 Å². The Bertz CT molecular complexity index is 609.